The van der Waals surface area contributed by atoms with Crippen LogP contribution in [0.15, 0.2) is 12.7 Å². The first-order valence-corrected chi connectivity index (χ1v) is 5.47. The molecule has 0 spiro atoms. The molecular weight excluding hydrogens is 280 g/mol. The minimum absolute atomic E-state index is 0.592. The summed E-state index contributed by atoms with van der Waals surface area (Å²) in [5.41, 5.74) is -1.08. The maximum absolute atomic E-state index is 13.7. The number of hydrogen-bond donors (Lipinski definition) is 0. The van der Waals surface area contributed by atoms with Crippen LogP contribution in [-0.2, 0) is 4.79 Å². The molecule has 0 radical (unpaired) electrons. The molecule has 1 aromatic carbocycles. The van der Waals surface area contributed by atoms with Crippen molar-refractivity contribution < 1.29 is 31.8 Å². The number of carbonyl (C=O) groups is 1. The van der Waals surface area contributed by atoms with Crippen molar-refractivity contribution in [2.45, 2.75) is 26.4 Å². The van der Waals surface area contributed by atoms with Crippen molar-refractivity contribution in [1.82, 2.24) is 0 Å². The molecule has 0 aromatic heterocycles. The lowest BCUT2D eigenvalue weighted by molar-refractivity contribution is -0.129. The van der Waals surface area contributed by atoms with Gasteiger partial charge in [0.15, 0.2) is 5.75 Å². The Morgan fingerprint density at radius 1 is 1.00 bits per heavy atom. The zero-order chi connectivity index (χ0) is 15.7. The van der Waals surface area contributed by atoms with E-state index < -0.39 is 46.3 Å². The molecular formula is C13H12F4O3. The van der Waals surface area contributed by atoms with E-state index in [0.717, 1.165) is 0 Å². The molecule has 0 aliphatic heterocycles. The number of hydrogen-bond acceptors (Lipinski definition) is 3. The summed E-state index contributed by atoms with van der Waals surface area (Å²) in [6.07, 6.45) is 0.592. The van der Waals surface area contributed by atoms with Crippen molar-refractivity contribution in [2.75, 3.05) is 0 Å². The number of carbonyl (C=O) groups excluding carboxylic acids is 1. The summed E-state index contributed by atoms with van der Waals surface area (Å²) in [5.74, 6) is -11.3. The van der Waals surface area contributed by atoms with Gasteiger partial charge in [-0.05, 0) is 20.8 Å². The van der Waals surface area contributed by atoms with Gasteiger partial charge in [-0.1, -0.05) is 6.58 Å². The maximum atomic E-state index is 13.7. The van der Waals surface area contributed by atoms with Gasteiger partial charge in [-0.15, -0.1) is 0 Å². The summed E-state index contributed by atoms with van der Waals surface area (Å²) in [6, 6.07) is 0. The van der Waals surface area contributed by atoms with Gasteiger partial charge in [0.2, 0.25) is 29.0 Å². The zero-order valence-electron chi connectivity index (χ0n) is 11.0. The topological polar surface area (TPSA) is 35.5 Å². The van der Waals surface area contributed by atoms with Gasteiger partial charge < -0.3 is 9.47 Å². The SMILES string of the molecule is C=CC(=O)Oc1c(F)c(F)c(OC(C)(C)C)c(F)c1F. The zero-order valence-corrected chi connectivity index (χ0v) is 11.0. The molecule has 0 saturated heterocycles. The average Bonchev–Trinajstić information content (AvgIpc) is 2.36. The molecule has 0 saturated carbocycles. The molecule has 0 bridgehead atoms. The van der Waals surface area contributed by atoms with Crippen LogP contribution in [0, 0.1) is 23.3 Å². The van der Waals surface area contributed by atoms with Crippen LogP contribution in [0.5, 0.6) is 11.5 Å². The van der Waals surface area contributed by atoms with E-state index in [9.17, 15) is 22.4 Å². The first-order valence-electron chi connectivity index (χ1n) is 5.47. The summed E-state index contributed by atoms with van der Waals surface area (Å²) in [4.78, 5) is 10.9. The molecule has 20 heavy (non-hydrogen) atoms. The molecule has 3 nitrogen and oxygen atoms in total. The fraction of sp³-hybridized carbons (Fsp3) is 0.308. The van der Waals surface area contributed by atoms with E-state index in [1.807, 2.05) is 0 Å². The van der Waals surface area contributed by atoms with Crippen LogP contribution < -0.4 is 9.47 Å². The van der Waals surface area contributed by atoms with Crippen molar-refractivity contribution in [3.63, 3.8) is 0 Å². The first-order chi connectivity index (χ1) is 9.08. The lowest BCUT2D eigenvalue weighted by Gasteiger charge is -2.22. The lowest BCUT2D eigenvalue weighted by atomic mass is 10.2. The minimum Gasteiger partial charge on any atom is -0.482 e. The lowest BCUT2D eigenvalue weighted by Crippen LogP contribution is -2.25. The monoisotopic (exact) mass is 292 g/mol. The average molecular weight is 292 g/mol. The minimum atomic E-state index is -1.86. The van der Waals surface area contributed by atoms with E-state index in [4.69, 9.17) is 4.74 Å². The van der Waals surface area contributed by atoms with Gasteiger partial charge in [0.05, 0.1) is 0 Å². The highest BCUT2D eigenvalue weighted by Gasteiger charge is 2.31. The Morgan fingerprint density at radius 2 is 1.40 bits per heavy atom. The van der Waals surface area contributed by atoms with Crippen LogP contribution in [-0.4, -0.2) is 11.6 Å². The summed E-state index contributed by atoms with van der Waals surface area (Å²) >= 11 is 0. The van der Waals surface area contributed by atoms with Gasteiger partial charge in [0.1, 0.15) is 5.60 Å². The highest BCUT2D eigenvalue weighted by atomic mass is 19.2. The van der Waals surface area contributed by atoms with E-state index in [2.05, 4.69) is 11.3 Å². The molecule has 0 atom stereocenters. The normalized spacial score (nSPS) is 11.2. The van der Waals surface area contributed by atoms with Crippen molar-refractivity contribution in [2.24, 2.45) is 0 Å². The summed E-state index contributed by atoms with van der Waals surface area (Å²) in [5, 5.41) is 0. The van der Waals surface area contributed by atoms with Crippen molar-refractivity contribution >= 4 is 5.97 Å². The van der Waals surface area contributed by atoms with Gasteiger partial charge in [-0.2, -0.15) is 17.6 Å². The van der Waals surface area contributed by atoms with Crippen LogP contribution in [0.1, 0.15) is 20.8 Å². The Labute approximate surface area is 112 Å². The van der Waals surface area contributed by atoms with Gasteiger partial charge in [-0.3, -0.25) is 0 Å². The molecule has 0 N–H and O–H groups in total. The first kappa shape index (κ1) is 16.0. The van der Waals surface area contributed by atoms with E-state index >= 15 is 0 Å². The molecule has 110 valence electrons. The standard InChI is InChI=1S/C13H12F4O3/c1-5-6(18)19-11-7(14)9(16)12(10(17)8(11)15)20-13(2,3)4/h5H,1H2,2-4H3. The number of halogens is 4. The smallest absolute Gasteiger partial charge is 0.335 e. The second-order valence-corrected chi connectivity index (χ2v) is 4.75. The molecule has 1 rings (SSSR count). The van der Waals surface area contributed by atoms with E-state index in [0.29, 0.717) is 6.08 Å². The van der Waals surface area contributed by atoms with Crippen LogP contribution in [0.4, 0.5) is 17.6 Å². The van der Waals surface area contributed by atoms with Gasteiger partial charge in [-0.25, -0.2) is 4.79 Å². The van der Waals surface area contributed by atoms with Crippen LogP contribution in [0.3, 0.4) is 0 Å². The molecule has 0 heterocycles. The molecule has 0 amide bonds. The fourth-order valence-corrected chi connectivity index (χ4v) is 1.22. The third kappa shape index (κ3) is 3.28. The van der Waals surface area contributed by atoms with Crippen molar-refractivity contribution in [3.05, 3.63) is 35.9 Å². The van der Waals surface area contributed by atoms with Gasteiger partial charge in [0.25, 0.3) is 0 Å². The third-order valence-corrected chi connectivity index (χ3v) is 1.96. The number of ether oxygens (including phenoxy) is 2. The summed E-state index contributed by atoms with van der Waals surface area (Å²) in [6.45, 7) is 7.31. The Balaban J connectivity index is 3.41. The van der Waals surface area contributed by atoms with Crippen LogP contribution in [0.25, 0.3) is 0 Å². The van der Waals surface area contributed by atoms with E-state index in [1.54, 1.807) is 0 Å². The molecule has 1 aromatic rings. The number of rotatable bonds is 3. The van der Waals surface area contributed by atoms with E-state index in [1.165, 1.54) is 20.8 Å². The predicted octanol–water partition coefficient (Wildman–Crippen LogP) is 3.51. The quantitative estimate of drug-likeness (QED) is 0.281. The Morgan fingerprint density at radius 3 is 1.75 bits per heavy atom. The molecule has 0 unspecified atom stereocenters. The Kier molecular flexibility index (Phi) is 4.42. The molecule has 7 heteroatoms. The van der Waals surface area contributed by atoms with Gasteiger partial charge in [0, 0.05) is 6.08 Å². The van der Waals surface area contributed by atoms with Crippen molar-refractivity contribution in [1.29, 1.82) is 0 Å². The molecule has 0 fully saturated rings. The third-order valence-electron chi connectivity index (χ3n) is 1.96. The van der Waals surface area contributed by atoms with E-state index in [-0.39, 0.29) is 0 Å². The van der Waals surface area contributed by atoms with Crippen LogP contribution >= 0.6 is 0 Å². The number of esters is 1. The predicted molar refractivity (Wildman–Crippen MR) is 62.5 cm³/mol. The van der Waals surface area contributed by atoms with Crippen molar-refractivity contribution in [3.8, 4) is 11.5 Å². The fourth-order valence-electron chi connectivity index (χ4n) is 1.22. The summed E-state index contributed by atoms with van der Waals surface area (Å²) in [7, 11) is 0. The maximum Gasteiger partial charge on any atom is 0.335 e. The molecule has 0 aliphatic rings. The largest absolute Gasteiger partial charge is 0.482 e. The summed E-state index contributed by atoms with van der Waals surface area (Å²) < 4.78 is 63.5. The molecule has 0 aliphatic carbocycles. The number of benzene rings is 1. The van der Waals surface area contributed by atoms with Crippen LogP contribution in [0.2, 0.25) is 0 Å². The Bertz CT molecular complexity index is 533. The second-order valence-electron chi connectivity index (χ2n) is 4.75. The van der Waals surface area contributed by atoms with Gasteiger partial charge >= 0.3 is 5.97 Å². The highest BCUT2D eigenvalue weighted by molar-refractivity contribution is 5.83. The second kappa shape index (κ2) is 5.52. The highest BCUT2D eigenvalue weighted by Crippen LogP contribution is 2.36. The Hall–Kier alpha value is -2.05.